The standard InChI is InChI=1S/C16H18FN3O3S/c17-10-7-11(13-12(8-10)18-15(24)19-13)14(21)20-3-6-23-16(9-20)1-4-22-5-2-16/h7-8H,1-6,9H2,(H2,18,19,24). The third-order valence-corrected chi connectivity index (χ3v) is 4.96. The summed E-state index contributed by atoms with van der Waals surface area (Å²) in [5.41, 5.74) is 0.988. The molecule has 2 saturated heterocycles. The number of nitrogens with one attached hydrogen (secondary N) is 2. The number of fused-ring (bicyclic) bond motifs is 1. The van der Waals surface area contributed by atoms with E-state index in [0.717, 1.165) is 12.8 Å². The Morgan fingerprint density at radius 2 is 2.04 bits per heavy atom. The molecular weight excluding hydrogens is 333 g/mol. The number of imidazole rings is 1. The number of hydrogen-bond donors (Lipinski definition) is 2. The number of ether oxygens (including phenoxy) is 2. The van der Waals surface area contributed by atoms with E-state index < -0.39 is 5.82 Å². The van der Waals surface area contributed by atoms with E-state index in [0.29, 0.717) is 54.3 Å². The lowest BCUT2D eigenvalue weighted by molar-refractivity contribution is -0.146. The number of halogens is 1. The summed E-state index contributed by atoms with van der Waals surface area (Å²) in [5.74, 6) is -0.677. The van der Waals surface area contributed by atoms with E-state index in [1.165, 1.54) is 12.1 Å². The van der Waals surface area contributed by atoms with Gasteiger partial charge in [-0.2, -0.15) is 0 Å². The van der Waals surface area contributed by atoms with Crippen molar-refractivity contribution >= 4 is 29.2 Å². The molecule has 4 rings (SSSR count). The summed E-state index contributed by atoms with van der Waals surface area (Å²) < 4.78 is 25.6. The van der Waals surface area contributed by atoms with Gasteiger partial charge in [-0.05, 0) is 24.4 Å². The highest BCUT2D eigenvalue weighted by Gasteiger charge is 2.40. The third kappa shape index (κ3) is 2.74. The zero-order chi connectivity index (χ0) is 16.7. The molecular formula is C16H18FN3O3S. The lowest BCUT2D eigenvalue weighted by atomic mass is 9.92. The Balaban J connectivity index is 1.67. The van der Waals surface area contributed by atoms with Crippen LogP contribution in [0.25, 0.3) is 11.0 Å². The van der Waals surface area contributed by atoms with Gasteiger partial charge in [-0.1, -0.05) is 0 Å². The van der Waals surface area contributed by atoms with Crippen LogP contribution in [0.15, 0.2) is 12.1 Å². The highest BCUT2D eigenvalue weighted by Crippen LogP contribution is 2.30. The molecule has 0 atom stereocenters. The molecule has 1 aromatic heterocycles. The van der Waals surface area contributed by atoms with Crippen LogP contribution in [0.3, 0.4) is 0 Å². The number of aromatic amines is 2. The second-order valence-corrected chi connectivity index (χ2v) is 6.73. The topological polar surface area (TPSA) is 70.4 Å². The lowest BCUT2D eigenvalue weighted by Gasteiger charge is -2.44. The second kappa shape index (κ2) is 5.94. The predicted octanol–water partition coefficient (Wildman–Crippen LogP) is 2.39. The van der Waals surface area contributed by atoms with Crippen LogP contribution in [0, 0.1) is 10.6 Å². The first kappa shape index (κ1) is 15.7. The van der Waals surface area contributed by atoms with Crippen LogP contribution in [0.4, 0.5) is 4.39 Å². The fraction of sp³-hybridized carbons (Fsp3) is 0.500. The van der Waals surface area contributed by atoms with Gasteiger partial charge in [-0.25, -0.2) is 4.39 Å². The number of morpholine rings is 1. The van der Waals surface area contributed by atoms with E-state index in [1.807, 2.05) is 0 Å². The van der Waals surface area contributed by atoms with Crippen LogP contribution in [-0.4, -0.2) is 59.3 Å². The largest absolute Gasteiger partial charge is 0.381 e. The minimum atomic E-state index is -0.467. The number of aromatic nitrogens is 2. The Morgan fingerprint density at radius 1 is 1.25 bits per heavy atom. The molecule has 128 valence electrons. The molecule has 24 heavy (non-hydrogen) atoms. The SMILES string of the molecule is O=C(c1cc(F)cc2[nH]c(=S)[nH]c12)N1CCOC2(CCOCC2)C1. The summed E-state index contributed by atoms with van der Waals surface area (Å²) in [6.07, 6.45) is 1.53. The summed E-state index contributed by atoms with van der Waals surface area (Å²) in [6.45, 7) is 2.74. The van der Waals surface area contributed by atoms with Crippen molar-refractivity contribution in [1.29, 1.82) is 0 Å². The Bertz CT molecular complexity index is 835. The van der Waals surface area contributed by atoms with E-state index in [1.54, 1.807) is 4.90 Å². The van der Waals surface area contributed by atoms with Crippen molar-refractivity contribution in [3.8, 4) is 0 Å². The van der Waals surface area contributed by atoms with Crippen LogP contribution in [0.1, 0.15) is 23.2 Å². The maximum atomic E-state index is 13.9. The Kier molecular flexibility index (Phi) is 3.90. The molecule has 0 aliphatic carbocycles. The van der Waals surface area contributed by atoms with Crippen LogP contribution < -0.4 is 0 Å². The lowest BCUT2D eigenvalue weighted by Crippen LogP contribution is -2.55. The molecule has 0 bridgehead atoms. The quantitative estimate of drug-likeness (QED) is 0.774. The molecule has 2 aliphatic heterocycles. The second-order valence-electron chi connectivity index (χ2n) is 6.33. The van der Waals surface area contributed by atoms with Crippen molar-refractivity contribution in [1.82, 2.24) is 14.9 Å². The van der Waals surface area contributed by atoms with Crippen molar-refractivity contribution in [3.63, 3.8) is 0 Å². The molecule has 2 aliphatic rings. The van der Waals surface area contributed by atoms with Crippen molar-refractivity contribution in [2.24, 2.45) is 0 Å². The number of benzene rings is 1. The molecule has 3 heterocycles. The molecule has 0 radical (unpaired) electrons. The average Bonchev–Trinajstić information content (AvgIpc) is 2.94. The number of carbonyl (C=O) groups is 1. The van der Waals surface area contributed by atoms with Crippen LogP contribution in [0.2, 0.25) is 0 Å². The molecule has 2 aromatic rings. The van der Waals surface area contributed by atoms with Gasteiger partial charge < -0.3 is 24.3 Å². The maximum Gasteiger partial charge on any atom is 0.256 e. The van der Waals surface area contributed by atoms with Crippen LogP contribution in [0.5, 0.6) is 0 Å². The van der Waals surface area contributed by atoms with Gasteiger partial charge in [-0.3, -0.25) is 4.79 Å². The molecule has 0 unspecified atom stereocenters. The summed E-state index contributed by atoms with van der Waals surface area (Å²) in [6, 6.07) is 2.59. The normalized spacial score (nSPS) is 20.6. The minimum absolute atomic E-state index is 0.209. The molecule has 2 fully saturated rings. The van der Waals surface area contributed by atoms with Gasteiger partial charge in [0.05, 0.1) is 35.3 Å². The van der Waals surface area contributed by atoms with Gasteiger partial charge in [0.1, 0.15) is 5.82 Å². The highest BCUT2D eigenvalue weighted by atomic mass is 32.1. The zero-order valence-electron chi connectivity index (χ0n) is 13.1. The molecule has 1 amide bonds. The van der Waals surface area contributed by atoms with E-state index in [2.05, 4.69) is 9.97 Å². The summed E-state index contributed by atoms with van der Waals surface area (Å²) >= 11 is 5.06. The maximum absolute atomic E-state index is 13.9. The molecule has 8 heteroatoms. The minimum Gasteiger partial charge on any atom is -0.381 e. The number of nitrogens with zero attached hydrogens (tertiary/aromatic N) is 1. The van der Waals surface area contributed by atoms with E-state index in [4.69, 9.17) is 21.7 Å². The van der Waals surface area contributed by atoms with E-state index in [-0.39, 0.29) is 11.5 Å². The van der Waals surface area contributed by atoms with Crippen molar-refractivity contribution < 1.29 is 18.7 Å². The van der Waals surface area contributed by atoms with Crippen molar-refractivity contribution in [2.75, 3.05) is 32.9 Å². The smallest absolute Gasteiger partial charge is 0.256 e. The Labute approximate surface area is 142 Å². The number of carbonyl (C=O) groups excluding carboxylic acids is 1. The first-order valence-corrected chi connectivity index (χ1v) is 8.40. The molecule has 1 aromatic carbocycles. The molecule has 1 spiro atoms. The third-order valence-electron chi connectivity index (χ3n) is 4.76. The fourth-order valence-corrected chi connectivity index (χ4v) is 3.72. The summed E-state index contributed by atoms with van der Waals surface area (Å²) in [4.78, 5) is 20.5. The zero-order valence-corrected chi connectivity index (χ0v) is 13.9. The number of H-pyrrole nitrogens is 2. The summed E-state index contributed by atoms with van der Waals surface area (Å²) in [7, 11) is 0. The number of amides is 1. The Hall–Kier alpha value is -1.77. The van der Waals surface area contributed by atoms with Gasteiger partial charge in [0, 0.05) is 32.6 Å². The highest BCUT2D eigenvalue weighted by molar-refractivity contribution is 7.71. The van der Waals surface area contributed by atoms with E-state index >= 15 is 0 Å². The van der Waals surface area contributed by atoms with Gasteiger partial charge in [0.15, 0.2) is 4.77 Å². The Morgan fingerprint density at radius 3 is 2.83 bits per heavy atom. The van der Waals surface area contributed by atoms with Crippen LogP contribution >= 0.6 is 12.2 Å². The van der Waals surface area contributed by atoms with Gasteiger partial charge in [-0.15, -0.1) is 0 Å². The van der Waals surface area contributed by atoms with E-state index in [9.17, 15) is 9.18 Å². The number of hydrogen-bond acceptors (Lipinski definition) is 4. The molecule has 0 saturated carbocycles. The molecule has 6 nitrogen and oxygen atoms in total. The van der Waals surface area contributed by atoms with Gasteiger partial charge >= 0.3 is 0 Å². The van der Waals surface area contributed by atoms with Crippen molar-refractivity contribution in [2.45, 2.75) is 18.4 Å². The average molecular weight is 351 g/mol. The van der Waals surface area contributed by atoms with Gasteiger partial charge in [0.25, 0.3) is 5.91 Å². The first-order valence-electron chi connectivity index (χ1n) is 7.99. The van der Waals surface area contributed by atoms with Gasteiger partial charge in [0.2, 0.25) is 0 Å². The predicted molar refractivity (Wildman–Crippen MR) is 88.1 cm³/mol. The monoisotopic (exact) mass is 351 g/mol. The molecule has 2 N–H and O–H groups in total. The first-order chi connectivity index (χ1) is 11.6. The van der Waals surface area contributed by atoms with Crippen molar-refractivity contribution in [3.05, 3.63) is 28.3 Å². The fourth-order valence-electron chi connectivity index (χ4n) is 3.51. The number of rotatable bonds is 1. The van der Waals surface area contributed by atoms with Crippen LogP contribution in [-0.2, 0) is 9.47 Å². The summed E-state index contributed by atoms with van der Waals surface area (Å²) in [5, 5.41) is 0.